The Hall–Kier alpha value is -1.72. The first kappa shape index (κ1) is 15.7. The molecule has 2 rings (SSSR count). The Bertz CT molecular complexity index is 627. The number of hydrogen-bond donors (Lipinski definition) is 1. The number of ether oxygens (including phenoxy) is 1. The average molecular weight is 330 g/mol. The van der Waals surface area contributed by atoms with Crippen LogP contribution >= 0.6 is 23.2 Å². The van der Waals surface area contributed by atoms with Crippen LogP contribution in [0.2, 0.25) is 10.0 Å². The Balaban J connectivity index is 2.13. The summed E-state index contributed by atoms with van der Waals surface area (Å²) in [6, 6.07) is 4.98. The predicted octanol–water partition coefficient (Wildman–Crippen LogP) is 2.71. The van der Waals surface area contributed by atoms with Crippen LogP contribution in [0.1, 0.15) is 12.5 Å². The van der Waals surface area contributed by atoms with Crippen molar-refractivity contribution >= 4 is 35.1 Å². The molecule has 0 spiro atoms. The molecular weight excluding hydrogens is 317 g/mol. The number of carbonyl (C=O) groups is 2. The highest BCUT2D eigenvalue weighted by atomic mass is 35.5. The van der Waals surface area contributed by atoms with Gasteiger partial charge < -0.3 is 14.7 Å². The Kier molecular flexibility index (Phi) is 4.75. The molecule has 0 atom stereocenters. The predicted molar refractivity (Wildman–Crippen MR) is 78.2 cm³/mol. The Labute approximate surface area is 131 Å². The molecular formula is C14H13Cl2NO4. The molecule has 0 fully saturated rings. The van der Waals surface area contributed by atoms with E-state index in [0.717, 1.165) is 5.56 Å². The fraction of sp³-hybridized carbons (Fsp3) is 0.286. The lowest BCUT2D eigenvalue weighted by Gasteiger charge is -2.16. The average Bonchev–Trinajstić information content (AvgIpc) is 2.69. The Morgan fingerprint density at radius 2 is 2.10 bits per heavy atom. The molecule has 1 amide bonds. The maximum absolute atomic E-state index is 12.1. The maximum atomic E-state index is 12.1. The molecule has 21 heavy (non-hydrogen) atoms. The van der Waals surface area contributed by atoms with E-state index in [1.807, 2.05) is 0 Å². The second-order valence-corrected chi connectivity index (χ2v) is 5.27. The van der Waals surface area contributed by atoms with Crippen LogP contribution in [0.15, 0.2) is 29.5 Å². The van der Waals surface area contributed by atoms with Gasteiger partial charge in [-0.05, 0) is 24.6 Å². The highest BCUT2D eigenvalue weighted by molar-refractivity contribution is 6.42. The molecule has 1 aliphatic heterocycles. The highest BCUT2D eigenvalue weighted by Gasteiger charge is 2.36. The van der Waals surface area contributed by atoms with Gasteiger partial charge in [-0.1, -0.05) is 29.3 Å². The van der Waals surface area contributed by atoms with Gasteiger partial charge in [0.2, 0.25) is 0 Å². The van der Waals surface area contributed by atoms with E-state index < -0.39 is 11.9 Å². The molecule has 1 N–H and O–H groups in total. The van der Waals surface area contributed by atoms with Crippen LogP contribution < -0.4 is 0 Å². The smallest absolute Gasteiger partial charge is 0.347 e. The summed E-state index contributed by atoms with van der Waals surface area (Å²) in [6.45, 7) is 1.94. The summed E-state index contributed by atoms with van der Waals surface area (Å²) in [6.07, 6.45) is 0. The van der Waals surface area contributed by atoms with Gasteiger partial charge >= 0.3 is 5.97 Å². The normalized spacial score (nSPS) is 14.8. The summed E-state index contributed by atoms with van der Waals surface area (Å²) in [5.74, 6) is -1.65. The first-order chi connectivity index (χ1) is 9.93. The van der Waals surface area contributed by atoms with Crippen molar-refractivity contribution in [3.05, 3.63) is 45.1 Å². The van der Waals surface area contributed by atoms with Gasteiger partial charge in [-0.15, -0.1) is 0 Å². The minimum absolute atomic E-state index is 0.0345. The summed E-state index contributed by atoms with van der Waals surface area (Å²) in [5.41, 5.74) is 0.438. The van der Waals surface area contributed by atoms with Gasteiger partial charge in [0.25, 0.3) is 5.91 Å². The lowest BCUT2D eigenvalue weighted by molar-refractivity contribution is -0.141. The monoisotopic (exact) mass is 329 g/mol. The fourth-order valence-corrected chi connectivity index (χ4v) is 2.33. The van der Waals surface area contributed by atoms with Gasteiger partial charge in [0, 0.05) is 6.54 Å². The van der Waals surface area contributed by atoms with E-state index in [1.54, 1.807) is 25.1 Å². The number of halogens is 2. The number of benzene rings is 1. The summed E-state index contributed by atoms with van der Waals surface area (Å²) in [5, 5.41) is 10.6. The second-order valence-electron chi connectivity index (χ2n) is 4.45. The number of hydrogen-bond acceptors (Lipinski definition) is 4. The van der Waals surface area contributed by atoms with E-state index in [-0.39, 0.29) is 31.0 Å². The van der Waals surface area contributed by atoms with Crippen LogP contribution in [0.3, 0.4) is 0 Å². The minimum Gasteiger partial charge on any atom is -0.509 e. The zero-order valence-corrected chi connectivity index (χ0v) is 12.7. The number of aliphatic hydroxyl groups is 1. The summed E-state index contributed by atoms with van der Waals surface area (Å²) >= 11 is 11.7. The van der Waals surface area contributed by atoms with Crippen molar-refractivity contribution in [2.75, 3.05) is 13.2 Å². The Morgan fingerprint density at radius 3 is 2.71 bits per heavy atom. The van der Waals surface area contributed by atoms with Crippen LogP contribution in [-0.2, 0) is 20.9 Å². The second kappa shape index (κ2) is 6.37. The number of amides is 1. The van der Waals surface area contributed by atoms with Gasteiger partial charge in [-0.3, -0.25) is 4.79 Å². The minimum atomic E-state index is -0.809. The molecule has 112 valence electrons. The molecule has 1 aliphatic rings. The summed E-state index contributed by atoms with van der Waals surface area (Å²) in [4.78, 5) is 25.1. The van der Waals surface area contributed by atoms with E-state index in [4.69, 9.17) is 27.9 Å². The molecule has 7 heteroatoms. The largest absolute Gasteiger partial charge is 0.509 e. The molecule has 0 aliphatic carbocycles. The standard InChI is InChI=1S/C14H13Cl2NO4/c1-2-21-14(20)12-11(18)7-17(13(12)19)6-8-3-4-9(15)10(16)5-8/h3-5,18H,2,6-7H2,1H3. The number of rotatable bonds is 4. The number of nitrogens with zero attached hydrogens (tertiary/aromatic N) is 1. The third kappa shape index (κ3) is 3.31. The van der Waals surface area contributed by atoms with Crippen molar-refractivity contribution in [2.24, 2.45) is 0 Å². The highest BCUT2D eigenvalue weighted by Crippen LogP contribution is 2.25. The number of carbonyl (C=O) groups excluding carboxylic acids is 2. The topological polar surface area (TPSA) is 66.8 Å². The molecule has 0 bridgehead atoms. The van der Waals surface area contributed by atoms with Crippen LogP contribution in [0.4, 0.5) is 0 Å². The zero-order valence-electron chi connectivity index (χ0n) is 11.2. The van der Waals surface area contributed by atoms with Gasteiger partial charge in [0.15, 0.2) is 5.57 Å². The molecule has 0 saturated carbocycles. The van der Waals surface area contributed by atoms with Gasteiger partial charge in [0.1, 0.15) is 5.76 Å². The molecule has 0 radical (unpaired) electrons. The van der Waals surface area contributed by atoms with E-state index >= 15 is 0 Å². The van der Waals surface area contributed by atoms with Crippen molar-refractivity contribution in [1.82, 2.24) is 4.90 Å². The fourth-order valence-electron chi connectivity index (χ4n) is 2.01. The van der Waals surface area contributed by atoms with E-state index in [1.165, 1.54) is 4.90 Å². The molecule has 1 aromatic carbocycles. The molecule has 0 unspecified atom stereocenters. The van der Waals surface area contributed by atoms with Crippen molar-refractivity contribution in [1.29, 1.82) is 0 Å². The third-order valence-electron chi connectivity index (χ3n) is 2.97. The van der Waals surface area contributed by atoms with Crippen molar-refractivity contribution in [3.63, 3.8) is 0 Å². The number of esters is 1. The van der Waals surface area contributed by atoms with Crippen molar-refractivity contribution in [2.45, 2.75) is 13.5 Å². The maximum Gasteiger partial charge on any atom is 0.347 e. The van der Waals surface area contributed by atoms with Crippen molar-refractivity contribution < 1.29 is 19.4 Å². The van der Waals surface area contributed by atoms with E-state index in [2.05, 4.69) is 0 Å². The lowest BCUT2D eigenvalue weighted by Crippen LogP contribution is -2.28. The van der Waals surface area contributed by atoms with Gasteiger partial charge in [-0.25, -0.2) is 4.79 Å². The molecule has 1 heterocycles. The summed E-state index contributed by atoms with van der Waals surface area (Å²) < 4.78 is 4.76. The lowest BCUT2D eigenvalue weighted by atomic mass is 10.2. The van der Waals surface area contributed by atoms with E-state index in [0.29, 0.717) is 10.0 Å². The number of aliphatic hydroxyl groups excluding tert-OH is 1. The first-order valence-electron chi connectivity index (χ1n) is 6.26. The van der Waals surface area contributed by atoms with Crippen LogP contribution in [0.5, 0.6) is 0 Å². The van der Waals surface area contributed by atoms with Crippen LogP contribution in [0.25, 0.3) is 0 Å². The molecule has 1 aromatic rings. The van der Waals surface area contributed by atoms with E-state index in [9.17, 15) is 14.7 Å². The molecule has 5 nitrogen and oxygen atoms in total. The molecule has 0 aromatic heterocycles. The van der Waals surface area contributed by atoms with Crippen LogP contribution in [0, 0.1) is 0 Å². The Morgan fingerprint density at radius 1 is 1.38 bits per heavy atom. The van der Waals surface area contributed by atoms with Gasteiger partial charge in [0.05, 0.1) is 23.2 Å². The summed E-state index contributed by atoms with van der Waals surface area (Å²) in [7, 11) is 0. The quantitative estimate of drug-likeness (QED) is 0.681. The SMILES string of the molecule is CCOC(=O)C1=C(O)CN(Cc2ccc(Cl)c(Cl)c2)C1=O. The van der Waals surface area contributed by atoms with Gasteiger partial charge in [-0.2, -0.15) is 0 Å². The molecule has 0 saturated heterocycles. The zero-order chi connectivity index (χ0) is 15.6. The van der Waals surface area contributed by atoms with Crippen molar-refractivity contribution in [3.8, 4) is 0 Å². The first-order valence-corrected chi connectivity index (χ1v) is 7.02. The van der Waals surface area contributed by atoms with Crippen LogP contribution in [-0.4, -0.2) is 35.0 Å². The third-order valence-corrected chi connectivity index (χ3v) is 3.71.